The highest BCUT2D eigenvalue weighted by molar-refractivity contribution is 5.93. The summed E-state index contributed by atoms with van der Waals surface area (Å²) in [4.78, 5) is 37.8. The normalized spacial score (nSPS) is 16.4. The Hall–Kier alpha value is -3.09. The van der Waals surface area contributed by atoms with E-state index in [0.717, 1.165) is 11.1 Å². The Morgan fingerprint density at radius 2 is 2.07 bits per heavy atom. The predicted molar refractivity (Wildman–Crippen MR) is 97.7 cm³/mol. The van der Waals surface area contributed by atoms with Gasteiger partial charge in [0.2, 0.25) is 5.91 Å². The number of amides is 2. The molecule has 3 rings (SSSR count). The second-order valence-electron chi connectivity index (χ2n) is 6.71. The number of anilines is 1. The van der Waals surface area contributed by atoms with E-state index in [1.54, 1.807) is 23.1 Å². The first kappa shape index (κ1) is 18.7. The van der Waals surface area contributed by atoms with Crippen LogP contribution in [0.1, 0.15) is 23.3 Å². The molecule has 0 bridgehead atoms. The second-order valence-corrected chi connectivity index (χ2v) is 6.71. The Balaban J connectivity index is 1.46. The lowest BCUT2D eigenvalue weighted by Crippen LogP contribution is -2.28. The van der Waals surface area contributed by atoms with Crippen molar-refractivity contribution in [3.05, 3.63) is 53.5 Å². The molecule has 1 aliphatic heterocycles. The first-order chi connectivity index (χ1) is 12.9. The Labute approximate surface area is 157 Å². The fourth-order valence-corrected chi connectivity index (χ4v) is 2.94. The van der Waals surface area contributed by atoms with Gasteiger partial charge in [0, 0.05) is 18.7 Å². The lowest BCUT2D eigenvalue weighted by molar-refractivity contribution is -0.151. The summed E-state index contributed by atoms with van der Waals surface area (Å²) in [7, 11) is 0. The topological polar surface area (TPSA) is 88.8 Å². The van der Waals surface area contributed by atoms with Crippen LogP contribution in [0.2, 0.25) is 0 Å². The molecule has 2 amide bonds. The van der Waals surface area contributed by atoms with Crippen molar-refractivity contribution < 1.29 is 23.5 Å². The molecule has 0 aliphatic carbocycles. The summed E-state index contributed by atoms with van der Waals surface area (Å²) in [6, 6.07) is 9.09. The van der Waals surface area contributed by atoms with Crippen LogP contribution in [0.15, 0.2) is 41.0 Å². The number of hydrogen-bond donors (Lipinski definition) is 1. The number of nitrogens with one attached hydrogen (secondary N) is 1. The van der Waals surface area contributed by atoms with E-state index >= 15 is 0 Å². The van der Waals surface area contributed by atoms with E-state index < -0.39 is 17.8 Å². The number of likely N-dealkylation sites (tertiary alicyclic amines) is 1. The van der Waals surface area contributed by atoms with Gasteiger partial charge in [-0.05, 0) is 49.2 Å². The molecule has 1 aromatic heterocycles. The third-order valence-corrected chi connectivity index (χ3v) is 4.61. The van der Waals surface area contributed by atoms with Crippen molar-refractivity contribution in [2.45, 2.75) is 26.8 Å². The van der Waals surface area contributed by atoms with Gasteiger partial charge in [0.1, 0.15) is 5.76 Å². The van der Waals surface area contributed by atoms with E-state index in [9.17, 15) is 14.4 Å². The van der Waals surface area contributed by atoms with Gasteiger partial charge in [-0.3, -0.25) is 14.4 Å². The summed E-state index contributed by atoms with van der Waals surface area (Å²) in [6.45, 7) is 4.14. The number of aryl methyl sites for hydroxylation is 2. The Bertz CT molecular complexity index is 844. The maximum atomic E-state index is 12.2. The minimum atomic E-state index is -0.568. The molecular formula is C20H22N2O5. The van der Waals surface area contributed by atoms with Gasteiger partial charge in [0.05, 0.1) is 18.7 Å². The zero-order chi connectivity index (χ0) is 19.4. The SMILES string of the molecule is Cc1ccc(NC(=O)COC(=O)C2CC(=O)N(Cc3ccco3)C2)cc1C. The van der Waals surface area contributed by atoms with E-state index in [2.05, 4.69) is 5.32 Å². The number of benzene rings is 1. The summed E-state index contributed by atoms with van der Waals surface area (Å²) in [5.74, 6) is -0.996. The van der Waals surface area contributed by atoms with Crippen LogP contribution in [-0.2, 0) is 25.7 Å². The lowest BCUT2D eigenvalue weighted by atomic mass is 10.1. The van der Waals surface area contributed by atoms with Crippen molar-refractivity contribution in [2.75, 3.05) is 18.5 Å². The number of furan rings is 1. The zero-order valence-corrected chi connectivity index (χ0v) is 15.4. The highest BCUT2D eigenvalue weighted by Gasteiger charge is 2.35. The van der Waals surface area contributed by atoms with Crippen LogP contribution in [0.3, 0.4) is 0 Å². The number of esters is 1. The largest absolute Gasteiger partial charge is 0.467 e. The fraction of sp³-hybridized carbons (Fsp3) is 0.350. The molecule has 2 aromatic rings. The maximum absolute atomic E-state index is 12.2. The van der Waals surface area contributed by atoms with Crippen molar-refractivity contribution >= 4 is 23.5 Å². The Morgan fingerprint density at radius 1 is 1.26 bits per heavy atom. The monoisotopic (exact) mass is 370 g/mol. The van der Waals surface area contributed by atoms with Gasteiger partial charge in [0.15, 0.2) is 6.61 Å². The van der Waals surface area contributed by atoms with Crippen LogP contribution in [0, 0.1) is 19.8 Å². The molecular weight excluding hydrogens is 348 g/mol. The number of carbonyl (C=O) groups excluding carboxylic acids is 3. The molecule has 0 saturated carbocycles. The van der Waals surface area contributed by atoms with E-state index in [1.807, 2.05) is 26.0 Å². The summed E-state index contributed by atoms with van der Waals surface area (Å²) in [5, 5.41) is 2.70. The van der Waals surface area contributed by atoms with E-state index in [-0.39, 0.29) is 25.5 Å². The molecule has 1 atom stereocenters. The van der Waals surface area contributed by atoms with Gasteiger partial charge in [-0.2, -0.15) is 0 Å². The van der Waals surface area contributed by atoms with Crippen LogP contribution >= 0.6 is 0 Å². The summed E-state index contributed by atoms with van der Waals surface area (Å²) in [5.41, 5.74) is 2.84. The Kier molecular flexibility index (Phi) is 5.59. The average molecular weight is 370 g/mol. The number of rotatable bonds is 6. The fourth-order valence-electron chi connectivity index (χ4n) is 2.94. The van der Waals surface area contributed by atoms with E-state index in [1.165, 1.54) is 6.26 Å². The van der Waals surface area contributed by atoms with Crippen molar-refractivity contribution in [1.29, 1.82) is 0 Å². The smallest absolute Gasteiger partial charge is 0.311 e. The van der Waals surface area contributed by atoms with Gasteiger partial charge in [-0.1, -0.05) is 6.07 Å². The first-order valence-corrected chi connectivity index (χ1v) is 8.76. The molecule has 1 fully saturated rings. The summed E-state index contributed by atoms with van der Waals surface area (Å²) < 4.78 is 10.3. The minimum Gasteiger partial charge on any atom is -0.467 e. The van der Waals surface area contributed by atoms with Gasteiger partial charge in [-0.25, -0.2) is 0 Å². The van der Waals surface area contributed by atoms with Gasteiger partial charge in [0.25, 0.3) is 5.91 Å². The van der Waals surface area contributed by atoms with Crippen molar-refractivity contribution in [1.82, 2.24) is 4.90 Å². The third kappa shape index (κ3) is 4.75. The second kappa shape index (κ2) is 8.07. The lowest BCUT2D eigenvalue weighted by Gasteiger charge is -2.14. The van der Waals surface area contributed by atoms with E-state index in [4.69, 9.17) is 9.15 Å². The van der Waals surface area contributed by atoms with Crippen molar-refractivity contribution in [2.24, 2.45) is 5.92 Å². The molecule has 1 unspecified atom stereocenters. The van der Waals surface area contributed by atoms with Crippen molar-refractivity contribution in [3.63, 3.8) is 0 Å². The molecule has 7 nitrogen and oxygen atoms in total. The summed E-state index contributed by atoms with van der Waals surface area (Å²) >= 11 is 0. The van der Waals surface area contributed by atoms with Crippen LogP contribution in [-0.4, -0.2) is 35.8 Å². The molecule has 1 saturated heterocycles. The standard InChI is InChI=1S/C20H22N2O5/c1-13-5-6-16(8-14(13)2)21-18(23)12-27-20(25)15-9-19(24)22(10-15)11-17-4-3-7-26-17/h3-8,15H,9-12H2,1-2H3,(H,21,23). The van der Waals surface area contributed by atoms with Gasteiger partial charge >= 0.3 is 5.97 Å². The highest BCUT2D eigenvalue weighted by Crippen LogP contribution is 2.21. The highest BCUT2D eigenvalue weighted by atomic mass is 16.5. The van der Waals surface area contributed by atoms with E-state index in [0.29, 0.717) is 18.0 Å². The number of hydrogen-bond acceptors (Lipinski definition) is 5. The third-order valence-electron chi connectivity index (χ3n) is 4.61. The molecule has 1 aromatic carbocycles. The molecule has 2 heterocycles. The van der Waals surface area contributed by atoms with Crippen LogP contribution in [0.25, 0.3) is 0 Å². The number of carbonyl (C=O) groups is 3. The maximum Gasteiger partial charge on any atom is 0.311 e. The molecule has 1 aliphatic rings. The molecule has 0 radical (unpaired) electrons. The number of nitrogens with zero attached hydrogens (tertiary/aromatic N) is 1. The van der Waals surface area contributed by atoms with Crippen molar-refractivity contribution in [3.8, 4) is 0 Å². The van der Waals surface area contributed by atoms with Crippen LogP contribution in [0.5, 0.6) is 0 Å². The molecule has 1 N–H and O–H groups in total. The predicted octanol–water partition coefficient (Wildman–Crippen LogP) is 2.43. The van der Waals surface area contributed by atoms with Crippen LogP contribution in [0.4, 0.5) is 5.69 Å². The van der Waals surface area contributed by atoms with Gasteiger partial charge < -0.3 is 19.4 Å². The molecule has 142 valence electrons. The Morgan fingerprint density at radius 3 is 2.78 bits per heavy atom. The summed E-state index contributed by atoms with van der Waals surface area (Å²) in [6.07, 6.45) is 1.62. The minimum absolute atomic E-state index is 0.0817. The first-order valence-electron chi connectivity index (χ1n) is 8.76. The molecule has 7 heteroatoms. The van der Waals surface area contributed by atoms with Gasteiger partial charge in [-0.15, -0.1) is 0 Å². The molecule has 27 heavy (non-hydrogen) atoms. The number of ether oxygens (including phenoxy) is 1. The quantitative estimate of drug-likeness (QED) is 0.789. The zero-order valence-electron chi connectivity index (χ0n) is 15.4. The molecule has 0 spiro atoms. The average Bonchev–Trinajstić information content (AvgIpc) is 3.27. The van der Waals surface area contributed by atoms with Crippen LogP contribution < -0.4 is 5.32 Å².